The predicted octanol–water partition coefficient (Wildman–Crippen LogP) is 3.23. The van der Waals surface area contributed by atoms with Gasteiger partial charge in [0.05, 0.1) is 17.9 Å². The molecule has 0 fully saturated rings. The number of carboxylic acids is 1. The van der Waals surface area contributed by atoms with Gasteiger partial charge in [-0.1, -0.05) is 25.1 Å². The molecule has 134 valence electrons. The number of benzene rings is 1. The fraction of sp³-hybridized carbons (Fsp3) is 0.250. The Hall–Kier alpha value is -2.99. The summed E-state index contributed by atoms with van der Waals surface area (Å²) in [4.78, 5) is 17.2. The molecule has 0 aliphatic heterocycles. The van der Waals surface area contributed by atoms with Crippen LogP contribution < -0.4 is 0 Å². The molecule has 0 atom stereocenters. The predicted molar refractivity (Wildman–Crippen MR) is 100.0 cm³/mol. The zero-order valence-corrected chi connectivity index (χ0v) is 14.7. The van der Waals surface area contributed by atoms with E-state index in [1.807, 2.05) is 65.2 Å². The first-order chi connectivity index (χ1) is 12.7. The Balaban J connectivity index is 1.99. The van der Waals surface area contributed by atoms with Gasteiger partial charge in [0.25, 0.3) is 0 Å². The largest absolute Gasteiger partial charge is 0.480 e. The van der Waals surface area contributed by atoms with Gasteiger partial charge in [-0.3, -0.25) is 14.7 Å². The van der Waals surface area contributed by atoms with Crippen LogP contribution in [0.15, 0.2) is 61.1 Å². The van der Waals surface area contributed by atoms with E-state index >= 15 is 0 Å². The molecule has 0 spiro atoms. The summed E-state index contributed by atoms with van der Waals surface area (Å²) in [5, 5.41) is 13.9. The minimum Gasteiger partial charge on any atom is -0.480 e. The van der Waals surface area contributed by atoms with E-state index in [9.17, 15) is 9.90 Å². The van der Waals surface area contributed by atoms with Crippen molar-refractivity contribution in [1.82, 2.24) is 19.7 Å². The maximum absolute atomic E-state index is 11.2. The van der Waals surface area contributed by atoms with Crippen molar-refractivity contribution >= 4 is 5.97 Å². The van der Waals surface area contributed by atoms with E-state index in [0.29, 0.717) is 6.54 Å². The molecule has 3 rings (SSSR count). The maximum Gasteiger partial charge on any atom is 0.317 e. The van der Waals surface area contributed by atoms with Gasteiger partial charge in [0.2, 0.25) is 0 Å². The fourth-order valence-electron chi connectivity index (χ4n) is 2.95. The van der Waals surface area contributed by atoms with Crippen molar-refractivity contribution in [1.29, 1.82) is 0 Å². The van der Waals surface area contributed by atoms with Crippen molar-refractivity contribution in [2.45, 2.75) is 19.9 Å². The molecule has 6 heteroatoms. The second-order valence-corrected chi connectivity index (χ2v) is 6.12. The van der Waals surface area contributed by atoms with Crippen LogP contribution in [0.4, 0.5) is 0 Å². The highest BCUT2D eigenvalue weighted by atomic mass is 16.4. The minimum atomic E-state index is -0.820. The van der Waals surface area contributed by atoms with Crippen molar-refractivity contribution < 1.29 is 9.90 Å². The van der Waals surface area contributed by atoms with Gasteiger partial charge >= 0.3 is 5.97 Å². The third-order valence-corrected chi connectivity index (χ3v) is 4.06. The van der Waals surface area contributed by atoms with Crippen LogP contribution in [0, 0.1) is 0 Å². The second-order valence-electron chi connectivity index (χ2n) is 6.12. The topological polar surface area (TPSA) is 71.2 Å². The van der Waals surface area contributed by atoms with Gasteiger partial charge in [0.15, 0.2) is 0 Å². The molecule has 0 unspecified atom stereocenters. The molecule has 3 aromatic rings. The van der Waals surface area contributed by atoms with Gasteiger partial charge in [-0.2, -0.15) is 5.10 Å². The summed E-state index contributed by atoms with van der Waals surface area (Å²) in [5.41, 5.74) is 3.78. The van der Waals surface area contributed by atoms with E-state index in [1.165, 1.54) is 0 Å². The molecule has 1 aromatic carbocycles. The lowest BCUT2D eigenvalue weighted by molar-refractivity contribution is -0.138. The van der Waals surface area contributed by atoms with Crippen molar-refractivity contribution in [2.24, 2.45) is 0 Å². The summed E-state index contributed by atoms with van der Waals surface area (Å²) in [7, 11) is 0. The van der Waals surface area contributed by atoms with E-state index in [1.54, 1.807) is 12.4 Å². The maximum atomic E-state index is 11.2. The Kier molecular flexibility index (Phi) is 5.76. The molecule has 2 heterocycles. The molecule has 0 amide bonds. The van der Waals surface area contributed by atoms with Crippen LogP contribution in [0.25, 0.3) is 16.9 Å². The molecule has 6 nitrogen and oxygen atoms in total. The smallest absolute Gasteiger partial charge is 0.317 e. The molecule has 0 radical (unpaired) electrons. The van der Waals surface area contributed by atoms with Gasteiger partial charge in [-0.25, -0.2) is 4.68 Å². The molecular formula is C20H22N4O2. The standard InChI is InChI=1S/C20H22N4O2/c1-2-12-23(15-19(25)26)13-17-14-24(18-6-4-3-5-7-18)22-20(17)16-8-10-21-11-9-16/h3-11,14H,2,12-13,15H2,1H3,(H,25,26). The summed E-state index contributed by atoms with van der Waals surface area (Å²) in [5.74, 6) is -0.820. The van der Waals surface area contributed by atoms with E-state index in [4.69, 9.17) is 5.10 Å². The molecule has 26 heavy (non-hydrogen) atoms. The number of rotatable bonds is 8. The van der Waals surface area contributed by atoms with Crippen LogP contribution in [0.5, 0.6) is 0 Å². The van der Waals surface area contributed by atoms with E-state index < -0.39 is 5.97 Å². The number of hydrogen-bond donors (Lipinski definition) is 1. The van der Waals surface area contributed by atoms with E-state index in [0.717, 1.165) is 35.5 Å². The number of nitrogens with zero attached hydrogens (tertiary/aromatic N) is 4. The van der Waals surface area contributed by atoms with Crippen LogP contribution in [0.3, 0.4) is 0 Å². The summed E-state index contributed by atoms with van der Waals surface area (Å²) in [6, 6.07) is 13.7. The molecule has 0 aliphatic carbocycles. The number of aromatic nitrogens is 3. The highest BCUT2D eigenvalue weighted by Gasteiger charge is 2.17. The van der Waals surface area contributed by atoms with E-state index in [-0.39, 0.29) is 6.54 Å². The van der Waals surface area contributed by atoms with Crippen molar-refractivity contribution in [3.63, 3.8) is 0 Å². The fourth-order valence-corrected chi connectivity index (χ4v) is 2.95. The van der Waals surface area contributed by atoms with E-state index in [2.05, 4.69) is 4.98 Å². The van der Waals surface area contributed by atoms with Crippen LogP contribution in [0.2, 0.25) is 0 Å². The SMILES string of the molecule is CCCN(CC(=O)O)Cc1cn(-c2ccccc2)nc1-c1ccncc1. The lowest BCUT2D eigenvalue weighted by atomic mass is 10.1. The molecule has 0 aliphatic rings. The molecule has 1 N–H and O–H groups in total. The Labute approximate surface area is 152 Å². The second kappa shape index (κ2) is 8.40. The van der Waals surface area contributed by atoms with Gasteiger partial charge < -0.3 is 5.11 Å². The Bertz CT molecular complexity index is 847. The van der Waals surface area contributed by atoms with Crippen molar-refractivity contribution in [2.75, 3.05) is 13.1 Å². The Morgan fingerprint density at radius 1 is 1.15 bits per heavy atom. The summed E-state index contributed by atoms with van der Waals surface area (Å²) < 4.78 is 1.84. The third-order valence-electron chi connectivity index (χ3n) is 4.06. The highest BCUT2D eigenvalue weighted by Crippen LogP contribution is 2.24. The first-order valence-electron chi connectivity index (χ1n) is 8.66. The average Bonchev–Trinajstić information content (AvgIpc) is 3.07. The number of pyridine rings is 1. The lowest BCUT2D eigenvalue weighted by Gasteiger charge is -2.19. The number of para-hydroxylation sites is 1. The summed E-state index contributed by atoms with van der Waals surface area (Å²) in [6.07, 6.45) is 6.35. The normalized spacial score (nSPS) is 11.0. The zero-order chi connectivity index (χ0) is 18.4. The lowest BCUT2D eigenvalue weighted by Crippen LogP contribution is -2.30. The van der Waals surface area contributed by atoms with Gasteiger partial charge in [-0.15, -0.1) is 0 Å². The van der Waals surface area contributed by atoms with Crippen LogP contribution in [-0.2, 0) is 11.3 Å². The molecular weight excluding hydrogens is 328 g/mol. The Morgan fingerprint density at radius 3 is 2.54 bits per heavy atom. The van der Waals surface area contributed by atoms with Crippen molar-refractivity contribution in [3.05, 3.63) is 66.6 Å². The average molecular weight is 350 g/mol. The van der Waals surface area contributed by atoms with Crippen molar-refractivity contribution in [3.8, 4) is 16.9 Å². The molecule has 0 saturated carbocycles. The molecule has 2 aromatic heterocycles. The molecule has 0 bridgehead atoms. The number of carbonyl (C=O) groups is 1. The molecule has 0 saturated heterocycles. The van der Waals surface area contributed by atoms with Gasteiger partial charge in [-0.05, 0) is 37.2 Å². The Morgan fingerprint density at radius 2 is 1.88 bits per heavy atom. The number of carboxylic acid groups (broad SMARTS) is 1. The van der Waals surface area contributed by atoms with Gasteiger partial charge in [0.1, 0.15) is 0 Å². The quantitative estimate of drug-likeness (QED) is 0.675. The van der Waals surface area contributed by atoms with Crippen LogP contribution >= 0.6 is 0 Å². The monoisotopic (exact) mass is 350 g/mol. The first-order valence-corrected chi connectivity index (χ1v) is 8.66. The number of aliphatic carboxylic acids is 1. The number of hydrogen-bond acceptors (Lipinski definition) is 4. The third kappa shape index (κ3) is 4.34. The highest BCUT2D eigenvalue weighted by molar-refractivity contribution is 5.69. The summed E-state index contributed by atoms with van der Waals surface area (Å²) in [6.45, 7) is 3.31. The van der Waals surface area contributed by atoms with Gasteiger partial charge in [0, 0.05) is 36.3 Å². The minimum absolute atomic E-state index is 0.0140. The first kappa shape index (κ1) is 17.8. The zero-order valence-electron chi connectivity index (χ0n) is 14.7. The summed E-state index contributed by atoms with van der Waals surface area (Å²) >= 11 is 0. The van der Waals surface area contributed by atoms with Crippen LogP contribution in [-0.4, -0.2) is 43.8 Å². The van der Waals surface area contributed by atoms with Crippen LogP contribution in [0.1, 0.15) is 18.9 Å².